The summed E-state index contributed by atoms with van der Waals surface area (Å²) < 4.78 is 25.4. The third kappa shape index (κ3) is 2.85. The van der Waals surface area contributed by atoms with Gasteiger partial charge in [0, 0.05) is 17.0 Å². The number of hydrogen-bond donors (Lipinski definition) is 1. The van der Waals surface area contributed by atoms with Crippen molar-refractivity contribution in [3.8, 4) is 22.6 Å². The van der Waals surface area contributed by atoms with Crippen molar-refractivity contribution >= 4 is 16.9 Å². The Morgan fingerprint density at radius 3 is 2.60 bits per heavy atom. The summed E-state index contributed by atoms with van der Waals surface area (Å²) in [4.78, 5) is 25.3. The van der Waals surface area contributed by atoms with E-state index in [4.69, 9.17) is 9.15 Å². The number of carbonyl (C=O) groups is 1. The Labute approximate surface area is 170 Å². The molecule has 4 aromatic rings. The average Bonchev–Trinajstić information content (AvgIpc) is 2.74. The van der Waals surface area contributed by atoms with Crippen molar-refractivity contribution in [1.29, 1.82) is 0 Å². The van der Waals surface area contributed by atoms with Crippen LogP contribution in [0.15, 0.2) is 76.1 Å². The van der Waals surface area contributed by atoms with Crippen LogP contribution in [0.2, 0.25) is 0 Å². The number of aromatic hydroxyl groups is 1. The minimum absolute atomic E-state index is 0.0361. The molecule has 6 heteroatoms. The molecule has 0 spiro atoms. The van der Waals surface area contributed by atoms with Crippen molar-refractivity contribution in [2.75, 3.05) is 0 Å². The van der Waals surface area contributed by atoms with Gasteiger partial charge >= 0.3 is 5.97 Å². The Kier molecular flexibility index (Phi) is 4.13. The molecule has 1 atom stereocenters. The molecule has 148 valence electrons. The Balaban J connectivity index is 1.76. The number of carbonyl (C=O) groups excluding carboxylic acids is 1. The maximum Gasteiger partial charge on any atom is 0.312 e. The lowest BCUT2D eigenvalue weighted by molar-refractivity contribution is -0.135. The Morgan fingerprint density at radius 2 is 1.80 bits per heavy atom. The minimum Gasteiger partial charge on any atom is -0.508 e. The highest BCUT2D eigenvalue weighted by molar-refractivity contribution is 5.90. The van der Waals surface area contributed by atoms with E-state index in [2.05, 4.69) is 0 Å². The van der Waals surface area contributed by atoms with Crippen molar-refractivity contribution in [1.82, 2.24) is 0 Å². The van der Waals surface area contributed by atoms with E-state index in [0.717, 1.165) is 0 Å². The number of rotatable bonds is 2. The topological polar surface area (TPSA) is 76.7 Å². The van der Waals surface area contributed by atoms with Gasteiger partial charge in [-0.15, -0.1) is 0 Å². The van der Waals surface area contributed by atoms with Gasteiger partial charge in [-0.05, 0) is 35.9 Å². The molecule has 0 saturated carbocycles. The molecule has 0 fully saturated rings. The van der Waals surface area contributed by atoms with E-state index < -0.39 is 17.7 Å². The first-order valence-corrected chi connectivity index (χ1v) is 9.36. The lowest BCUT2D eigenvalue weighted by atomic mass is 9.85. The molecule has 0 bridgehead atoms. The van der Waals surface area contributed by atoms with E-state index in [0.29, 0.717) is 16.9 Å². The predicted molar refractivity (Wildman–Crippen MR) is 108 cm³/mol. The fourth-order valence-electron chi connectivity index (χ4n) is 3.95. The Bertz CT molecular complexity index is 1370. The monoisotopic (exact) mass is 402 g/mol. The van der Waals surface area contributed by atoms with E-state index in [1.807, 2.05) is 0 Å². The smallest absolute Gasteiger partial charge is 0.312 e. The third-order valence-corrected chi connectivity index (χ3v) is 5.32. The molecule has 1 aliphatic rings. The maximum absolute atomic E-state index is 14.2. The van der Waals surface area contributed by atoms with Crippen LogP contribution < -0.4 is 10.2 Å². The molecule has 1 aromatic heterocycles. The van der Waals surface area contributed by atoms with Gasteiger partial charge in [-0.1, -0.05) is 30.3 Å². The van der Waals surface area contributed by atoms with Gasteiger partial charge in [-0.3, -0.25) is 9.59 Å². The number of benzene rings is 3. The molecule has 1 aliphatic heterocycles. The number of ether oxygens (including phenoxy) is 1. The number of halogens is 1. The number of esters is 1. The second-order valence-electron chi connectivity index (χ2n) is 7.14. The summed E-state index contributed by atoms with van der Waals surface area (Å²) in [5.41, 5.74) is 1.41. The SMILES string of the molecule is O=C1C[C@@H](c2cccc(O)c2)c2c(ccc3c(=O)c(-c4ccccc4F)coc23)O1. The van der Waals surface area contributed by atoms with Crippen LogP contribution in [0.4, 0.5) is 4.39 Å². The fourth-order valence-corrected chi connectivity index (χ4v) is 3.95. The molecule has 2 heterocycles. The molecule has 3 aromatic carbocycles. The largest absolute Gasteiger partial charge is 0.508 e. The van der Waals surface area contributed by atoms with Crippen molar-refractivity contribution < 1.29 is 23.4 Å². The molecule has 0 aliphatic carbocycles. The molecule has 5 rings (SSSR count). The van der Waals surface area contributed by atoms with Gasteiger partial charge in [0.25, 0.3) is 0 Å². The van der Waals surface area contributed by atoms with Crippen LogP contribution in [0.25, 0.3) is 22.1 Å². The van der Waals surface area contributed by atoms with Gasteiger partial charge in [0.15, 0.2) is 0 Å². The van der Waals surface area contributed by atoms with Gasteiger partial charge in [0.1, 0.15) is 29.2 Å². The van der Waals surface area contributed by atoms with E-state index in [1.54, 1.807) is 36.4 Å². The van der Waals surface area contributed by atoms with Crippen LogP contribution in [0.3, 0.4) is 0 Å². The summed E-state index contributed by atoms with van der Waals surface area (Å²) in [5.74, 6) is -1.03. The van der Waals surface area contributed by atoms with Gasteiger partial charge in [-0.2, -0.15) is 0 Å². The molecule has 0 unspecified atom stereocenters. The van der Waals surface area contributed by atoms with E-state index >= 15 is 0 Å². The van der Waals surface area contributed by atoms with Crippen LogP contribution in [0.5, 0.6) is 11.5 Å². The first kappa shape index (κ1) is 18.1. The lowest BCUT2D eigenvalue weighted by Crippen LogP contribution is -2.22. The number of phenols is 1. The number of phenolic OH excluding ortho intramolecular Hbond substituents is 1. The predicted octanol–water partition coefficient (Wildman–Crippen LogP) is 4.75. The van der Waals surface area contributed by atoms with E-state index in [9.17, 15) is 19.1 Å². The first-order valence-electron chi connectivity index (χ1n) is 9.36. The molecule has 5 nitrogen and oxygen atoms in total. The normalized spacial score (nSPS) is 15.6. The zero-order valence-electron chi connectivity index (χ0n) is 15.6. The van der Waals surface area contributed by atoms with E-state index in [-0.39, 0.29) is 39.7 Å². The van der Waals surface area contributed by atoms with Crippen molar-refractivity contribution in [2.24, 2.45) is 0 Å². The summed E-state index contributed by atoms with van der Waals surface area (Å²) in [6, 6.07) is 15.6. The standard InChI is InChI=1S/C24H15FO5/c25-19-7-2-1-6-15(19)18-12-29-24-16(23(18)28)8-9-20-22(24)17(11-21(27)30-20)13-4-3-5-14(26)10-13/h1-10,12,17,26H,11H2/t17-/m0/s1. The number of fused-ring (bicyclic) bond motifs is 3. The van der Waals surface area contributed by atoms with Crippen molar-refractivity contribution in [3.63, 3.8) is 0 Å². The number of hydrogen-bond acceptors (Lipinski definition) is 5. The second kappa shape index (κ2) is 6.84. The summed E-state index contributed by atoms with van der Waals surface area (Å²) in [5, 5.41) is 10.1. The fraction of sp³-hybridized carbons (Fsp3) is 0.0833. The van der Waals surface area contributed by atoms with Crippen LogP contribution in [-0.4, -0.2) is 11.1 Å². The highest BCUT2D eigenvalue weighted by Crippen LogP contribution is 2.43. The van der Waals surface area contributed by atoms with Crippen LogP contribution >= 0.6 is 0 Å². The summed E-state index contributed by atoms with van der Waals surface area (Å²) in [6.45, 7) is 0. The quantitative estimate of drug-likeness (QED) is 0.387. The lowest BCUT2D eigenvalue weighted by Gasteiger charge is -2.25. The second-order valence-corrected chi connectivity index (χ2v) is 7.14. The molecule has 30 heavy (non-hydrogen) atoms. The van der Waals surface area contributed by atoms with Crippen LogP contribution in [0.1, 0.15) is 23.5 Å². The summed E-state index contributed by atoms with van der Waals surface area (Å²) >= 11 is 0. The maximum atomic E-state index is 14.2. The van der Waals surface area contributed by atoms with Gasteiger partial charge in [0.05, 0.1) is 17.4 Å². The minimum atomic E-state index is -0.520. The first-order chi connectivity index (χ1) is 14.5. The summed E-state index contributed by atoms with van der Waals surface area (Å²) in [6.07, 6.45) is 1.27. The summed E-state index contributed by atoms with van der Waals surface area (Å²) in [7, 11) is 0. The van der Waals surface area contributed by atoms with Crippen molar-refractivity contribution in [3.05, 3.63) is 94.1 Å². The molecule has 1 N–H and O–H groups in total. The molecule has 0 saturated heterocycles. The zero-order valence-corrected chi connectivity index (χ0v) is 15.6. The van der Waals surface area contributed by atoms with E-state index in [1.165, 1.54) is 30.5 Å². The van der Waals surface area contributed by atoms with Crippen LogP contribution in [0, 0.1) is 5.82 Å². The Hall–Kier alpha value is -3.93. The van der Waals surface area contributed by atoms with Gasteiger partial charge in [-0.25, -0.2) is 4.39 Å². The third-order valence-electron chi connectivity index (χ3n) is 5.32. The molecular formula is C24H15FO5. The van der Waals surface area contributed by atoms with Crippen molar-refractivity contribution in [2.45, 2.75) is 12.3 Å². The highest BCUT2D eigenvalue weighted by Gasteiger charge is 2.32. The Morgan fingerprint density at radius 1 is 0.967 bits per heavy atom. The molecular weight excluding hydrogens is 387 g/mol. The zero-order chi connectivity index (χ0) is 20.8. The highest BCUT2D eigenvalue weighted by atomic mass is 19.1. The van der Waals surface area contributed by atoms with Gasteiger partial charge in [0.2, 0.25) is 5.43 Å². The van der Waals surface area contributed by atoms with Gasteiger partial charge < -0.3 is 14.3 Å². The average molecular weight is 402 g/mol. The molecule has 0 amide bonds. The molecule has 0 radical (unpaired) electrons. The van der Waals surface area contributed by atoms with Crippen LogP contribution in [-0.2, 0) is 4.79 Å².